The van der Waals surface area contributed by atoms with Crippen LogP contribution in [0.15, 0.2) is 122 Å². The molecule has 1 amide bonds. The lowest BCUT2D eigenvalue weighted by Crippen LogP contribution is -2.31. The van der Waals surface area contributed by atoms with E-state index in [0.717, 1.165) is 44.2 Å². The molecule has 1 fully saturated rings. The molecule has 1 saturated heterocycles. The summed E-state index contributed by atoms with van der Waals surface area (Å²) in [6, 6.07) is 31.3. The van der Waals surface area contributed by atoms with Gasteiger partial charge in [0.15, 0.2) is 6.17 Å². The molecular formula is C37H28FN5O3. The molecule has 0 aliphatic carbocycles. The number of pyridine rings is 3. The van der Waals surface area contributed by atoms with E-state index in [1.165, 1.54) is 4.90 Å². The van der Waals surface area contributed by atoms with Crippen molar-refractivity contribution in [1.29, 1.82) is 0 Å². The van der Waals surface area contributed by atoms with Gasteiger partial charge >= 0.3 is 6.09 Å². The highest BCUT2D eigenvalue weighted by atomic mass is 19.1. The van der Waals surface area contributed by atoms with Gasteiger partial charge in [-0.2, -0.15) is 0 Å². The minimum atomic E-state index is -1.38. The summed E-state index contributed by atoms with van der Waals surface area (Å²) in [7, 11) is 0. The standard InChI is InChI=1S/C37H28FN5O3/c38-30-21-42(37(44)45-23-24-10-11-25-5-1-2-6-27(25)17-24)22-34(30)46-33-9-3-7-26-12-13-31(41-36(26)33)32-20-40-35-18-28(14-16-43(32)35)29-8-4-15-39-19-29/h1-20,30,34H,21-23H2/t30-,34+/m1/s1. The number of aromatic nitrogens is 4. The number of halogens is 1. The minimum Gasteiger partial charge on any atom is -0.483 e. The number of alkyl halides is 1. The predicted octanol–water partition coefficient (Wildman–Crippen LogP) is 7.50. The highest BCUT2D eigenvalue weighted by Gasteiger charge is 2.38. The van der Waals surface area contributed by atoms with Crippen molar-refractivity contribution in [2.24, 2.45) is 0 Å². The number of nitrogens with zero attached hydrogens (tertiary/aromatic N) is 5. The van der Waals surface area contributed by atoms with Crippen molar-refractivity contribution >= 4 is 33.4 Å². The Morgan fingerprint density at radius 2 is 1.72 bits per heavy atom. The molecule has 0 saturated carbocycles. The Bertz CT molecular complexity index is 2220. The number of rotatable bonds is 6. The monoisotopic (exact) mass is 609 g/mol. The van der Waals surface area contributed by atoms with Crippen LogP contribution in [-0.4, -0.2) is 55.7 Å². The Hall–Kier alpha value is -5.83. The first-order valence-electron chi connectivity index (χ1n) is 15.1. The van der Waals surface area contributed by atoms with Crippen LogP contribution in [0.1, 0.15) is 5.56 Å². The topological polar surface area (TPSA) is 81.8 Å². The molecule has 0 spiro atoms. The molecule has 4 aromatic heterocycles. The summed E-state index contributed by atoms with van der Waals surface area (Å²) in [4.78, 5) is 28.0. The van der Waals surface area contributed by atoms with E-state index in [-0.39, 0.29) is 19.7 Å². The molecule has 8 rings (SSSR count). The van der Waals surface area contributed by atoms with E-state index in [0.29, 0.717) is 17.0 Å². The molecule has 226 valence electrons. The van der Waals surface area contributed by atoms with Gasteiger partial charge in [0.25, 0.3) is 0 Å². The van der Waals surface area contributed by atoms with Gasteiger partial charge in [-0.3, -0.25) is 9.38 Å². The molecular weight excluding hydrogens is 581 g/mol. The molecule has 0 radical (unpaired) electrons. The maximum atomic E-state index is 15.2. The van der Waals surface area contributed by atoms with E-state index >= 15 is 4.39 Å². The Morgan fingerprint density at radius 3 is 2.61 bits per heavy atom. The zero-order valence-electron chi connectivity index (χ0n) is 24.7. The van der Waals surface area contributed by atoms with Crippen molar-refractivity contribution in [2.75, 3.05) is 13.1 Å². The van der Waals surface area contributed by atoms with E-state index in [1.807, 2.05) is 108 Å². The second-order valence-electron chi connectivity index (χ2n) is 11.4. The molecule has 46 heavy (non-hydrogen) atoms. The van der Waals surface area contributed by atoms with Crippen molar-refractivity contribution in [2.45, 2.75) is 18.9 Å². The normalized spacial score (nSPS) is 16.3. The van der Waals surface area contributed by atoms with Crippen LogP contribution < -0.4 is 4.74 Å². The summed E-state index contributed by atoms with van der Waals surface area (Å²) in [5.41, 5.74) is 5.79. The molecule has 0 N–H and O–H groups in total. The number of likely N-dealkylation sites (tertiary alicyclic amines) is 1. The molecule has 8 nitrogen and oxygen atoms in total. The fourth-order valence-electron chi connectivity index (χ4n) is 5.96. The van der Waals surface area contributed by atoms with Gasteiger partial charge in [0.1, 0.15) is 29.6 Å². The van der Waals surface area contributed by atoms with E-state index in [9.17, 15) is 4.79 Å². The molecule has 0 bridgehead atoms. The van der Waals surface area contributed by atoms with E-state index in [4.69, 9.17) is 14.5 Å². The summed E-state index contributed by atoms with van der Waals surface area (Å²) in [5, 5.41) is 3.04. The third-order valence-corrected chi connectivity index (χ3v) is 8.37. The van der Waals surface area contributed by atoms with Gasteiger partial charge in [-0.1, -0.05) is 60.7 Å². The lowest BCUT2D eigenvalue weighted by molar-refractivity contribution is 0.0992. The number of amides is 1. The molecule has 1 aliphatic rings. The third kappa shape index (κ3) is 5.26. The smallest absolute Gasteiger partial charge is 0.410 e. The average molecular weight is 610 g/mol. The highest BCUT2D eigenvalue weighted by Crippen LogP contribution is 2.31. The number of carbonyl (C=O) groups is 1. The van der Waals surface area contributed by atoms with Crippen LogP contribution in [-0.2, 0) is 11.3 Å². The van der Waals surface area contributed by atoms with E-state index in [1.54, 1.807) is 18.5 Å². The maximum absolute atomic E-state index is 15.2. The third-order valence-electron chi connectivity index (χ3n) is 8.37. The number of carbonyl (C=O) groups excluding carboxylic acids is 1. The van der Waals surface area contributed by atoms with Crippen molar-refractivity contribution in [1.82, 2.24) is 24.3 Å². The Balaban J connectivity index is 0.991. The first kappa shape index (κ1) is 27.7. The number of fused-ring (bicyclic) bond motifs is 3. The van der Waals surface area contributed by atoms with Gasteiger partial charge in [-0.05, 0) is 58.3 Å². The van der Waals surface area contributed by atoms with Gasteiger partial charge < -0.3 is 14.4 Å². The summed E-state index contributed by atoms with van der Waals surface area (Å²) in [6.45, 7) is 0.0700. The zero-order chi connectivity index (χ0) is 31.0. The molecule has 0 unspecified atom stereocenters. The number of hydrogen-bond acceptors (Lipinski definition) is 6. The van der Waals surface area contributed by atoms with Crippen LogP contribution in [0, 0.1) is 0 Å². The SMILES string of the molecule is O=C(OCc1ccc2ccccc2c1)N1C[C@@H](F)[C@@H](Oc2cccc3ccc(-c4cnc5cc(-c6cccnc6)ccn45)nc23)C1. The number of ether oxygens (including phenoxy) is 2. The van der Waals surface area contributed by atoms with Crippen molar-refractivity contribution in [3.05, 3.63) is 127 Å². The van der Waals surface area contributed by atoms with Crippen LogP contribution >= 0.6 is 0 Å². The van der Waals surface area contributed by atoms with Gasteiger partial charge in [0, 0.05) is 29.5 Å². The second kappa shape index (κ2) is 11.6. The molecule has 9 heteroatoms. The molecule has 3 aromatic carbocycles. The minimum absolute atomic E-state index is 0.0698. The lowest BCUT2D eigenvalue weighted by Gasteiger charge is -2.18. The summed E-state index contributed by atoms with van der Waals surface area (Å²) >= 11 is 0. The predicted molar refractivity (Wildman–Crippen MR) is 174 cm³/mol. The maximum Gasteiger partial charge on any atom is 0.410 e. The Labute approximate surface area is 263 Å². The van der Waals surface area contributed by atoms with Crippen molar-refractivity contribution < 1.29 is 18.7 Å². The largest absolute Gasteiger partial charge is 0.483 e. The van der Waals surface area contributed by atoms with Gasteiger partial charge in [-0.15, -0.1) is 0 Å². The van der Waals surface area contributed by atoms with Crippen LogP contribution in [0.4, 0.5) is 9.18 Å². The molecule has 2 atom stereocenters. The van der Waals surface area contributed by atoms with Crippen LogP contribution in [0.5, 0.6) is 5.75 Å². The first-order chi connectivity index (χ1) is 22.6. The quantitative estimate of drug-likeness (QED) is 0.194. The fraction of sp³-hybridized carbons (Fsp3) is 0.135. The van der Waals surface area contributed by atoms with Gasteiger partial charge in [0.05, 0.1) is 30.7 Å². The highest BCUT2D eigenvalue weighted by molar-refractivity contribution is 5.87. The molecule has 5 heterocycles. The number of para-hydroxylation sites is 1. The summed E-state index contributed by atoms with van der Waals surface area (Å²) in [5.74, 6) is 0.450. The van der Waals surface area contributed by atoms with Crippen LogP contribution in [0.2, 0.25) is 0 Å². The van der Waals surface area contributed by atoms with Crippen LogP contribution in [0.3, 0.4) is 0 Å². The zero-order valence-corrected chi connectivity index (χ0v) is 24.7. The fourth-order valence-corrected chi connectivity index (χ4v) is 5.96. The summed E-state index contributed by atoms with van der Waals surface area (Å²) < 4.78 is 29.0. The Morgan fingerprint density at radius 1 is 0.848 bits per heavy atom. The number of imidazole rings is 1. The first-order valence-corrected chi connectivity index (χ1v) is 15.1. The lowest BCUT2D eigenvalue weighted by atomic mass is 10.1. The summed E-state index contributed by atoms with van der Waals surface area (Å²) in [6.07, 6.45) is 4.52. The van der Waals surface area contributed by atoms with Gasteiger partial charge in [-0.25, -0.2) is 19.2 Å². The van der Waals surface area contributed by atoms with Crippen molar-refractivity contribution in [3.63, 3.8) is 0 Å². The second-order valence-corrected chi connectivity index (χ2v) is 11.4. The van der Waals surface area contributed by atoms with Crippen molar-refractivity contribution in [3.8, 4) is 28.3 Å². The van der Waals surface area contributed by atoms with Crippen LogP contribution in [0.25, 0.3) is 49.8 Å². The number of benzene rings is 3. The average Bonchev–Trinajstić information content (AvgIpc) is 3.70. The molecule has 1 aliphatic heterocycles. The molecule has 7 aromatic rings. The number of hydrogen-bond donors (Lipinski definition) is 0. The van der Waals surface area contributed by atoms with Gasteiger partial charge in [0.2, 0.25) is 0 Å². The van der Waals surface area contributed by atoms with E-state index < -0.39 is 18.4 Å². The Kier molecular flexibility index (Phi) is 6.98. The van der Waals surface area contributed by atoms with E-state index in [2.05, 4.69) is 9.97 Å².